The van der Waals surface area contributed by atoms with E-state index < -0.39 is 21.8 Å². The second-order valence-corrected chi connectivity index (χ2v) is 6.52. The van der Waals surface area contributed by atoms with E-state index in [1.165, 1.54) is 12.1 Å². The molecule has 0 amide bonds. The highest BCUT2D eigenvalue weighted by atomic mass is 35.5. The number of nitrogens with one attached hydrogen (secondary N) is 1. The minimum Gasteiger partial charge on any atom is -0.370 e. The molecule has 0 aromatic heterocycles. The first-order chi connectivity index (χ1) is 10.4. The quantitative estimate of drug-likeness (QED) is 0.254. The van der Waals surface area contributed by atoms with Crippen LogP contribution in [-0.4, -0.2) is 38.6 Å². The summed E-state index contributed by atoms with van der Waals surface area (Å²) in [5.41, 5.74) is 10.4. The molecule has 7 nitrogen and oxygen atoms in total. The molecule has 9 heteroatoms. The van der Waals surface area contributed by atoms with Gasteiger partial charge in [0.2, 0.25) is 10.0 Å². The lowest BCUT2D eigenvalue weighted by Crippen LogP contribution is -2.41. The Labute approximate surface area is 134 Å². The third kappa shape index (κ3) is 6.00. The Bertz CT molecular complexity index is 615. The highest BCUT2D eigenvalue weighted by Gasteiger charge is 2.24. The van der Waals surface area contributed by atoms with Gasteiger partial charge in [0.1, 0.15) is 0 Å². The van der Waals surface area contributed by atoms with Crippen LogP contribution in [0.1, 0.15) is 12.8 Å². The molecule has 1 aromatic carbocycles. The fourth-order valence-electron chi connectivity index (χ4n) is 1.74. The summed E-state index contributed by atoms with van der Waals surface area (Å²) in [6.45, 7) is 0.307. The van der Waals surface area contributed by atoms with Gasteiger partial charge in [-0.05, 0) is 25.0 Å². The third-order valence-electron chi connectivity index (χ3n) is 2.82. The van der Waals surface area contributed by atoms with Gasteiger partial charge in [0, 0.05) is 6.54 Å². The van der Waals surface area contributed by atoms with Crippen LogP contribution in [0.5, 0.6) is 0 Å². The van der Waals surface area contributed by atoms with Crippen molar-refractivity contribution < 1.29 is 13.2 Å². The van der Waals surface area contributed by atoms with E-state index in [0.717, 1.165) is 0 Å². The highest BCUT2D eigenvalue weighted by molar-refractivity contribution is 7.89. The minimum absolute atomic E-state index is 0.0508. The van der Waals surface area contributed by atoms with Crippen molar-refractivity contribution in [2.24, 2.45) is 16.5 Å². The number of sulfonamides is 1. The Balaban J connectivity index is 2.77. The van der Waals surface area contributed by atoms with E-state index in [0.29, 0.717) is 13.0 Å². The van der Waals surface area contributed by atoms with Gasteiger partial charge in [-0.2, -0.15) is 0 Å². The topological polar surface area (TPSA) is 128 Å². The molecule has 0 saturated carbocycles. The van der Waals surface area contributed by atoms with Crippen molar-refractivity contribution in [2.45, 2.75) is 23.8 Å². The number of hydrogen-bond donors (Lipinski definition) is 3. The molecule has 0 bridgehead atoms. The lowest BCUT2D eigenvalue weighted by atomic mass is 10.1. The number of benzene rings is 1. The molecule has 1 rings (SSSR count). The summed E-state index contributed by atoms with van der Waals surface area (Å²) in [5, 5.41) is 0. The van der Waals surface area contributed by atoms with Gasteiger partial charge in [0.05, 0.1) is 16.8 Å². The molecule has 1 atom stereocenters. The van der Waals surface area contributed by atoms with E-state index in [2.05, 4.69) is 9.71 Å². The number of carbonyl (C=O) groups excluding carboxylic acids is 1. The summed E-state index contributed by atoms with van der Waals surface area (Å²) in [4.78, 5) is 15.7. The van der Waals surface area contributed by atoms with Crippen molar-refractivity contribution in [3.8, 4) is 0 Å². The lowest BCUT2D eigenvalue weighted by molar-refractivity contribution is -0.118. The largest absolute Gasteiger partial charge is 0.370 e. The number of guanidine groups is 1. The molecule has 5 N–H and O–H groups in total. The first-order valence-corrected chi connectivity index (χ1v) is 8.60. The maximum atomic E-state index is 12.2. The average Bonchev–Trinajstić information content (AvgIpc) is 2.50. The molecule has 0 radical (unpaired) electrons. The molecule has 0 spiro atoms. The van der Waals surface area contributed by atoms with E-state index in [-0.39, 0.29) is 23.2 Å². The van der Waals surface area contributed by atoms with Gasteiger partial charge in [-0.1, -0.05) is 18.2 Å². The summed E-state index contributed by atoms with van der Waals surface area (Å²) < 4.78 is 26.8. The number of halogens is 1. The zero-order valence-corrected chi connectivity index (χ0v) is 13.5. The van der Waals surface area contributed by atoms with E-state index in [4.69, 9.17) is 23.1 Å². The van der Waals surface area contributed by atoms with Gasteiger partial charge in [-0.15, -0.1) is 11.6 Å². The molecule has 0 aliphatic rings. The maximum Gasteiger partial charge on any atom is 0.241 e. The average molecular weight is 347 g/mol. The Morgan fingerprint density at radius 3 is 2.45 bits per heavy atom. The first kappa shape index (κ1) is 18.4. The van der Waals surface area contributed by atoms with Gasteiger partial charge in [-0.3, -0.25) is 9.79 Å². The fraction of sp³-hybridized carbons (Fsp3) is 0.385. The predicted octanol–water partition coefficient (Wildman–Crippen LogP) is 0.195. The molecule has 122 valence electrons. The van der Waals surface area contributed by atoms with Crippen LogP contribution in [0.3, 0.4) is 0 Å². The molecule has 0 aliphatic carbocycles. The summed E-state index contributed by atoms with van der Waals surface area (Å²) in [6.07, 6.45) is 0.705. The number of carbonyl (C=O) groups is 1. The van der Waals surface area contributed by atoms with Crippen LogP contribution in [0.15, 0.2) is 40.2 Å². The van der Waals surface area contributed by atoms with Crippen molar-refractivity contribution in [3.05, 3.63) is 30.3 Å². The van der Waals surface area contributed by atoms with Gasteiger partial charge in [0.15, 0.2) is 11.7 Å². The number of hydrogen-bond acceptors (Lipinski definition) is 4. The maximum absolute atomic E-state index is 12.2. The van der Waals surface area contributed by atoms with E-state index in [1.807, 2.05) is 0 Å². The summed E-state index contributed by atoms with van der Waals surface area (Å²) >= 11 is 5.53. The smallest absolute Gasteiger partial charge is 0.241 e. The van der Waals surface area contributed by atoms with Crippen LogP contribution in [0.2, 0.25) is 0 Å². The zero-order chi connectivity index (χ0) is 16.6. The Morgan fingerprint density at radius 1 is 1.27 bits per heavy atom. The van der Waals surface area contributed by atoms with Gasteiger partial charge in [0.25, 0.3) is 0 Å². The van der Waals surface area contributed by atoms with Crippen LogP contribution in [-0.2, 0) is 14.8 Å². The second-order valence-electron chi connectivity index (χ2n) is 4.54. The number of aliphatic imine (C=N–C) groups is 1. The zero-order valence-electron chi connectivity index (χ0n) is 11.9. The number of ketones is 1. The number of nitrogens with zero attached hydrogens (tertiary/aromatic N) is 1. The van der Waals surface area contributed by atoms with E-state index in [9.17, 15) is 13.2 Å². The number of rotatable bonds is 9. The standard InChI is InChI=1S/C13H19ClN4O3S/c14-9-12(19)11(7-4-8-17-13(15)16)18-22(20,21)10-5-2-1-3-6-10/h1-3,5-6,11,18H,4,7-9H2,(H4,15,16,17)/t11-/m0/s1. The van der Waals surface area contributed by atoms with Crippen LogP contribution < -0.4 is 16.2 Å². The molecule has 0 heterocycles. The predicted molar refractivity (Wildman–Crippen MR) is 86.2 cm³/mol. The van der Waals surface area contributed by atoms with Crippen molar-refractivity contribution in [1.29, 1.82) is 0 Å². The molecular weight excluding hydrogens is 328 g/mol. The summed E-state index contributed by atoms with van der Waals surface area (Å²) in [5.74, 6) is -0.722. The molecule has 1 aromatic rings. The second kappa shape index (κ2) is 8.72. The third-order valence-corrected chi connectivity index (χ3v) is 4.57. The van der Waals surface area contributed by atoms with Crippen molar-refractivity contribution >= 4 is 33.4 Å². The van der Waals surface area contributed by atoms with Crippen molar-refractivity contribution in [1.82, 2.24) is 4.72 Å². The number of Topliss-reactive ketones (excluding diaryl/α,β-unsaturated/α-hetero) is 1. The summed E-state index contributed by atoms with van der Waals surface area (Å²) in [7, 11) is -3.78. The normalized spacial score (nSPS) is 12.6. The Kier molecular flexibility index (Phi) is 7.30. The van der Waals surface area contributed by atoms with Gasteiger partial charge < -0.3 is 11.5 Å². The van der Waals surface area contributed by atoms with E-state index >= 15 is 0 Å². The van der Waals surface area contributed by atoms with Crippen molar-refractivity contribution in [3.63, 3.8) is 0 Å². The SMILES string of the molecule is NC(N)=NCCC[C@H](NS(=O)(=O)c1ccccc1)C(=O)CCl. The molecule has 0 saturated heterocycles. The Morgan fingerprint density at radius 2 is 1.91 bits per heavy atom. The Hall–Kier alpha value is -1.64. The molecular formula is C13H19ClN4O3S. The van der Waals surface area contributed by atoms with Gasteiger partial charge >= 0.3 is 0 Å². The minimum atomic E-state index is -3.78. The molecule has 22 heavy (non-hydrogen) atoms. The van der Waals surface area contributed by atoms with E-state index in [1.54, 1.807) is 18.2 Å². The number of nitrogens with two attached hydrogens (primary N) is 2. The fourth-order valence-corrected chi connectivity index (χ4v) is 3.20. The molecule has 0 unspecified atom stereocenters. The van der Waals surface area contributed by atoms with Gasteiger partial charge in [-0.25, -0.2) is 13.1 Å². The van der Waals surface area contributed by atoms with Crippen LogP contribution in [0.25, 0.3) is 0 Å². The highest BCUT2D eigenvalue weighted by Crippen LogP contribution is 2.11. The van der Waals surface area contributed by atoms with Crippen molar-refractivity contribution in [2.75, 3.05) is 12.4 Å². The van der Waals surface area contributed by atoms with Crippen LogP contribution >= 0.6 is 11.6 Å². The monoisotopic (exact) mass is 346 g/mol. The first-order valence-electron chi connectivity index (χ1n) is 6.58. The lowest BCUT2D eigenvalue weighted by Gasteiger charge is -2.16. The number of alkyl halides is 1. The van der Waals surface area contributed by atoms with Crippen LogP contribution in [0, 0.1) is 0 Å². The van der Waals surface area contributed by atoms with Crippen LogP contribution in [0.4, 0.5) is 0 Å². The molecule has 0 fully saturated rings. The summed E-state index contributed by atoms with van der Waals surface area (Å²) in [6, 6.07) is 6.90. The molecule has 0 aliphatic heterocycles.